The van der Waals surface area contributed by atoms with Gasteiger partial charge in [-0.15, -0.1) is 0 Å². The molecule has 2 heterocycles. The fraction of sp³-hybridized carbons (Fsp3) is 0.818. The average Bonchev–Trinajstić information content (AvgIpc) is 2.48. The highest BCUT2D eigenvalue weighted by molar-refractivity contribution is 6.01. The lowest BCUT2D eigenvalue weighted by Gasteiger charge is -2.33. The smallest absolute Gasteiger partial charge is 0.234 e. The lowest BCUT2D eigenvalue weighted by Crippen LogP contribution is -3.16. The summed E-state index contributed by atoms with van der Waals surface area (Å²) >= 11 is 0. The van der Waals surface area contributed by atoms with Gasteiger partial charge in [-0.1, -0.05) is 0 Å². The molecule has 2 atom stereocenters. The third-order valence-electron chi connectivity index (χ3n) is 3.15. The van der Waals surface area contributed by atoms with Gasteiger partial charge in [-0.3, -0.25) is 9.59 Å². The molecule has 0 aromatic carbocycles. The van der Waals surface area contributed by atoms with Gasteiger partial charge >= 0.3 is 0 Å². The molecular formula is C11H19N2O3+. The molecule has 2 saturated heterocycles. The highest BCUT2D eigenvalue weighted by Crippen LogP contribution is 2.09. The monoisotopic (exact) mass is 227 g/mol. The van der Waals surface area contributed by atoms with Gasteiger partial charge in [0.05, 0.1) is 0 Å². The van der Waals surface area contributed by atoms with Crippen LogP contribution in [0.2, 0.25) is 0 Å². The number of morpholine rings is 1. The van der Waals surface area contributed by atoms with Gasteiger partial charge in [-0.2, -0.15) is 0 Å². The maximum absolute atomic E-state index is 11.5. The fourth-order valence-corrected chi connectivity index (χ4v) is 2.54. The van der Waals surface area contributed by atoms with Crippen LogP contribution in [0.1, 0.15) is 26.7 Å². The van der Waals surface area contributed by atoms with Crippen LogP contribution < -0.4 is 4.90 Å². The molecule has 1 N–H and O–H groups in total. The van der Waals surface area contributed by atoms with E-state index >= 15 is 0 Å². The third kappa shape index (κ3) is 2.41. The predicted octanol–water partition coefficient (Wildman–Crippen LogP) is -1.21. The number of amides is 2. The first-order chi connectivity index (χ1) is 7.56. The van der Waals surface area contributed by atoms with E-state index in [0.29, 0.717) is 19.5 Å². The van der Waals surface area contributed by atoms with Gasteiger partial charge < -0.3 is 9.64 Å². The first-order valence-corrected chi connectivity index (χ1v) is 5.88. The van der Waals surface area contributed by atoms with Crippen LogP contribution in [0.4, 0.5) is 0 Å². The van der Waals surface area contributed by atoms with Crippen LogP contribution in [-0.2, 0) is 14.3 Å². The summed E-state index contributed by atoms with van der Waals surface area (Å²) < 4.78 is 5.63. The number of nitrogens with one attached hydrogen (secondary N) is 1. The first kappa shape index (κ1) is 11.5. The van der Waals surface area contributed by atoms with Gasteiger partial charge in [0, 0.05) is 12.8 Å². The number of carbonyl (C=O) groups is 2. The summed E-state index contributed by atoms with van der Waals surface area (Å²) in [6, 6.07) is 0. The molecule has 2 amide bonds. The fourth-order valence-electron chi connectivity index (χ4n) is 2.54. The molecule has 0 saturated carbocycles. The molecule has 0 bridgehead atoms. The van der Waals surface area contributed by atoms with E-state index in [1.807, 2.05) is 13.8 Å². The van der Waals surface area contributed by atoms with Crippen molar-refractivity contribution in [3.8, 4) is 0 Å². The van der Waals surface area contributed by atoms with E-state index in [1.165, 1.54) is 9.80 Å². The second-order valence-electron chi connectivity index (χ2n) is 4.79. The van der Waals surface area contributed by atoms with Crippen LogP contribution in [-0.4, -0.2) is 48.7 Å². The molecule has 5 heteroatoms. The van der Waals surface area contributed by atoms with Gasteiger partial charge in [-0.05, 0) is 13.8 Å². The van der Waals surface area contributed by atoms with Crippen molar-refractivity contribution in [1.82, 2.24) is 4.90 Å². The Morgan fingerprint density at radius 1 is 1.19 bits per heavy atom. The zero-order chi connectivity index (χ0) is 11.7. The van der Waals surface area contributed by atoms with Crippen molar-refractivity contribution in [3.63, 3.8) is 0 Å². The summed E-state index contributed by atoms with van der Waals surface area (Å²) in [6.07, 6.45) is 1.17. The van der Waals surface area contributed by atoms with Crippen LogP contribution in [0.15, 0.2) is 0 Å². The minimum atomic E-state index is -0.0238. The summed E-state index contributed by atoms with van der Waals surface area (Å²) in [6.45, 7) is 6.30. The van der Waals surface area contributed by atoms with E-state index in [0.717, 1.165) is 13.1 Å². The van der Waals surface area contributed by atoms with E-state index in [4.69, 9.17) is 4.74 Å². The number of carbonyl (C=O) groups excluding carboxylic acids is 2. The quantitative estimate of drug-likeness (QED) is 0.602. The van der Waals surface area contributed by atoms with E-state index in [-0.39, 0.29) is 24.0 Å². The minimum absolute atomic E-state index is 0.0238. The topological polar surface area (TPSA) is 51.0 Å². The van der Waals surface area contributed by atoms with Gasteiger partial charge in [0.1, 0.15) is 25.3 Å². The molecule has 0 unspecified atom stereocenters. The van der Waals surface area contributed by atoms with Gasteiger partial charge in [0.15, 0.2) is 6.67 Å². The molecule has 5 nitrogen and oxygen atoms in total. The van der Waals surface area contributed by atoms with Crippen LogP contribution in [0.5, 0.6) is 0 Å². The van der Waals surface area contributed by atoms with E-state index in [2.05, 4.69) is 0 Å². The molecule has 2 aliphatic rings. The van der Waals surface area contributed by atoms with E-state index in [9.17, 15) is 9.59 Å². The van der Waals surface area contributed by atoms with Gasteiger partial charge in [0.25, 0.3) is 0 Å². The molecule has 0 spiro atoms. The number of likely N-dealkylation sites (tertiary alicyclic amines) is 1. The van der Waals surface area contributed by atoms with Crippen molar-refractivity contribution in [2.75, 3.05) is 19.8 Å². The zero-order valence-corrected chi connectivity index (χ0v) is 9.86. The third-order valence-corrected chi connectivity index (χ3v) is 3.15. The molecular weight excluding hydrogens is 208 g/mol. The number of rotatable bonds is 2. The summed E-state index contributed by atoms with van der Waals surface area (Å²) in [7, 11) is 0. The Morgan fingerprint density at radius 3 is 2.19 bits per heavy atom. The highest BCUT2D eigenvalue weighted by Gasteiger charge is 2.34. The van der Waals surface area contributed by atoms with Gasteiger partial charge in [0.2, 0.25) is 11.8 Å². The Balaban J connectivity index is 1.93. The molecule has 0 aliphatic carbocycles. The maximum Gasteiger partial charge on any atom is 0.234 e. The van der Waals surface area contributed by atoms with Crippen molar-refractivity contribution in [2.24, 2.45) is 0 Å². The number of hydrogen-bond donors (Lipinski definition) is 1. The molecule has 2 rings (SSSR count). The van der Waals surface area contributed by atoms with E-state index in [1.54, 1.807) is 0 Å². The normalized spacial score (nSPS) is 35.9. The Bertz CT molecular complexity index is 280. The molecule has 2 fully saturated rings. The SMILES string of the molecule is C[C@H]1C[NH+](CN2C(=O)CCC2=O)C[C@H](C)O1. The van der Waals surface area contributed by atoms with Crippen LogP contribution in [0.25, 0.3) is 0 Å². The lowest BCUT2D eigenvalue weighted by atomic mass is 10.2. The highest BCUT2D eigenvalue weighted by atomic mass is 16.5. The Morgan fingerprint density at radius 2 is 1.69 bits per heavy atom. The Kier molecular flexibility index (Phi) is 3.25. The Labute approximate surface area is 95.3 Å². The number of quaternary nitrogens is 1. The minimum Gasteiger partial charge on any atom is -0.364 e. The number of nitrogens with zero attached hydrogens (tertiary/aromatic N) is 1. The van der Waals surface area contributed by atoms with Gasteiger partial charge in [-0.25, -0.2) is 4.90 Å². The van der Waals surface area contributed by atoms with Crippen molar-refractivity contribution in [1.29, 1.82) is 0 Å². The van der Waals surface area contributed by atoms with Crippen molar-refractivity contribution in [2.45, 2.75) is 38.9 Å². The number of imide groups is 1. The second kappa shape index (κ2) is 4.51. The summed E-state index contributed by atoms with van der Waals surface area (Å²) in [4.78, 5) is 25.6. The Hall–Kier alpha value is -0.940. The summed E-state index contributed by atoms with van der Waals surface area (Å²) in [5, 5.41) is 0. The molecule has 16 heavy (non-hydrogen) atoms. The van der Waals surface area contributed by atoms with Crippen molar-refractivity contribution in [3.05, 3.63) is 0 Å². The second-order valence-corrected chi connectivity index (χ2v) is 4.79. The molecule has 2 aliphatic heterocycles. The number of ether oxygens (including phenoxy) is 1. The van der Waals surface area contributed by atoms with E-state index < -0.39 is 0 Å². The average molecular weight is 227 g/mol. The molecule has 0 aromatic heterocycles. The lowest BCUT2D eigenvalue weighted by molar-refractivity contribution is -0.922. The molecule has 90 valence electrons. The largest absolute Gasteiger partial charge is 0.364 e. The van der Waals surface area contributed by atoms with Crippen molar-refractivity contribution < 1.29 is 19.2 Å². The first-order valence-electron chi connectivity index (χ1n) is 5.88. The standard InChI is InChI=1S/C11H18N2O3/c1-8-5-12(6-9(2)16-8)7-13-10(14)3-4-11(13)15/h8-9H,3-7H2,1-2H3/p+1/t8-,9-/m0/s1. The van der Waals surface area contributed by atoms with Crippen LogP contribution >= 0.6 is 0 Å². The molecule has 0 aromatic rings. The zero-order valence-electron chi connectivity index (χ0n) is 9.86. The number of hydrogen-bond acceptors (Lipinski definition) is 3. The van der Waals surface area contributed by atoms with Crippen LogP contribution in [0.3, 0.4) is 0 Å². The van der Waals surface area contributed by atoms with Crippen LogP contribution in [0, 0.1) is 0 Å². The predicted molar refractivity (Wildman–Crippen MR) is 56.7 cm³/mol. The summed E-state index contributed by atoms with van der Waals surface area (Å²) in [5.41, 5.74) is 0. The summed E-state index contributed by atoms with van der Waals surface area (Å²) in [5.74, 6) is -0.0476. The van der Waals surface area contributed by atoms with Crippen molar-refractivity contribution >= 4 is 11.8 Å². The maximum atomic E-state index is 11.5. The molecule has 0 radical (unpaired) electrons.